The van der Waals surface area contributed by atoms with Gasteiger partial charge in [0.2, 0.25) is 6.29 Å². The highest BCUT2D eigenvalue weighted by atomic mass is 16.7. The van der Waals surface area contributed by atoms with Crippen LogP contribution >= 0.6 is 0 Å². The Kier molecular flexibility index (Phi) is 6.60. The van der Waals surface area contributed by atoms with Crippen LogP contribution in [0.15, 0.2) is 51.7 Å². The van der Waals surface area contributed by atoms with E-state index in [1.54, 1.807) is 26.2 Å². The van der Waals surface area contributed by atoms with E-state index in [0.29, 0.717) is 28.7 Å². The van der Waals surface area contributed by atoms with Crippen molar-refractivity contribution in [2.45, 2.75) is 51.6 Å². The summed E-state index contributed by atoms with van der Waals surface area (Å²) >= 11 is 0. The van der Waals surface area contributed by atoms with Crippen LogP contribution in [0.4, 0.5) is 11.4 Å². The second-order valence-corrected chi connectivity index (χ2v) is 8.88. The van der Waals surface area contributed by atoms with Crippen LogP contribution in [0.2, 0.25) is 0 Å². The fourth-order valence-electron chi connectivity index (χ4n) is 4.18. The summed E-state index contributed by atoms with van der Waals surface area (Å²) in [5.41, 5.74) is -0.287. The van der Waals surface area contributed by atoms with Crippen molar-refractivity contribution >= 4 is 28.3 Å². The summed E-state index contributed by atoms with van der Waals surface area (Å²) < 4.78 is 23.2. The highest BCUT2D eigenvalue weighted by Gasteiger charge is 2.39. The Morgan fingerprint density at radius 3 is 2.51 bits per heavy atom. The summed E-state index contributed by atoms with van der Waals surface area (Å²) in [6.45, 7) is 5.69. The van der Waals surface area contributed by atoms with Crippen LogP contribution in [0.3, 0.4) is 0 Å². The number of nitro benzene ring substituents is 1. The van der Waals surface area contributed by atoms with Gasteiger partial charge in [-0.2, -0.15) is 0 Å². The fourth-order valence-corrected chi connectivity index (χ4v) is 4.18. The number of aryl methyl sites for hydroxylation is 1. The number of rotatable bonds is 6. The summed E-state index contributed by atoms with van der Waals surface area (Å²) in [4.78, 5) is 35.4. The lowest BCUT2D eigenvalue weighted by molar-refractivity contribution is -0.384. The number of hydrogen-bond donors (Lipinski definition) is 1. The Morgan fingerprint density at radius 2 is 1.89 bits per heavy atom. The number of methoxy groups -OCH3 is 1. The van der Waals surface area contributed by atoms with E-state index in [0.717, 1.165) is 6.42 Å². The van der Waals surface area contributed by atoms with Crippen LogP contribution in [0, 0.1) is 17.0 Å². The Hall–Kier alpha value is -3.76. The van der Waals surface area contributed by atoms with Crippen molar-refractivity contribution in [3.05, 3.63) is 74.1 Å². The largest absolute Gasteiger partial charge is 0.465 e. The number of nitro groups is 1. The lowest BCUT2D eigenvalue weighted by Crippen LogP contribution is -2.49. The number of carbonyl (C=O) groups is 1. The molecule has 0 saturated carbocycles. The molecule has 1 aliphatic heterocycles. The molecule has 2 unspecified atom stereocenters. The molecule has 2 heterocycles. The van der Waals surface area contributed by atoms with Gasteiger partial charge < -0.3 is 23.9 Å². The number of anilines is 1. The van der Waals surface area contributed by atoms with Gasteiger partial charge in [0, 0.05) is 42.2 Å². The number of benzene rings is 2. The van der Waals surface area contributed by atoms with E-state index in [4.69, 9.17) is 18.6 Å². The number of hydrogen-bond acceptors (Lipinski definition) is 8. The monoisotopic (exact) mass is 482 g/mol. The number of nitrogens with one attached hydrogen (secondary N) is 1. The first kappa shape index (κ1) is 24.4. The van der Waals surface area contributed by atoms with Gasteiger partial charge in [0.25, 0.3) is 11.6 Å². The zero-order chi connectivity index (χ0) is 25.3. The highest BCUT2D eigenvalue weighted by Crippen LogP contribution is 2.34. The van der Waals surface area contributed by atoms with Crippen LogP contribution in [0.25, 0.3) is 11.0 Å². The molecule has 1 aliphatic rings. The van der Waals surface area contributed by atoms with Gasteiger partial charge in [0.15, 0.2) is 0 Å². The maximum Gasteiger partial charge on any atom is 0.360 e. The highest BCUT2D eigenvalue weighted by molar-refractivity contribution is 6.05. The van der Waals surface area contributed by atoms with Gasteiger partial charge >= 0.3 is 5.63 Å². The van der Waals surface area contributed by atoms with Crippen molar-refractivity contribution in [2.75, 3.05) is 12.4 Å². The van der Waals surface area contributed by atoms with Gasteiger partial charge in [-0.05, 0) is 57.5 Å². The Labute approximate surface area is 200 Å². The summed E-state index contributed by atoms with van der Waals surface area (Å²) in [6.07, 6.45) is 0.933. The van der Waals surface area contributed by atoms with Gasteiger partial charge in [0.05, 0.1) is 16.6 Å². The average Bonchev–Trinajstić information content (AvgIpc) is 2.81. The van der Waals surface area contributed by atoms with Crippen LogP contribution in [0.1, 0.15) is 42.6 Å². The smallest absolute Gasteiger partial charge is 0.360 e. The molecule has 1 aromatic heterocycles. The van der Waals surface area contributed by atoms with Crippen LogP contribution in [-0.2, 0) is 9.47 Å². The van der Waals surface area contributed by atoms with E-state index in [1.165, 1.54) is 30.3 Å². The quantitative estimate of drug-likeness (QED) is 0.307. The number of carbonyl (C=O) groups excluding carboxylic acids is 1. The van der Waals surface area contributed by atoms with Gasteiger partial charge in [0.1, 0.15) is 17.0 Å². The summed E-state index contributed by atoms with van der Waals surface area (Å²) in [5, 5.41) is 13.9. The minimum atomic E-state index is -0.731. The van der Waals surface area contributed by atoms with E-state index in [9.17, 15) is 19.7 Å². The standard InChI is InChI=1S/C25H26N2O8/c1-14-19(33-21-12-11-20(32-4)25(2,3)35-21)10-7-16-13-18(24(29)34-22(14)16)26-23(28)15-5-8-17(9-6-15)27(30)31/h5-10,13,20-21H,11-12H2,1-4H3,(H,26,28). The van der Waals surface area contributed by atoms with Gasteiger partial charge in [-0.15, -0.1) is 0 Å². The van der Waals surface area contributed by atoms with Crippen molar-refractivity contribution < 1.29 is 28.3 Å². The summed E-state index contributed by atoms with van der Waals surface area (Å²) in [5.74, 6) is -0.0605. The molecule has 0 radical (unpaired) electrons. The van der Waals surface area contributed by atoms with Crippen molar-refractivity contribution in [3.63, 3.8) is 0 Å². The van der Waals surface area contributed by atoms with Crippen LogP contribution in [-0.4, -0.2) is 35.9 Å². The molecule has 1 N–H and O–H groups in total. The first-order valence-corrected chi connectivity index (χ1v) is 11.1. The molecule has 0 aliphatic carbocycles. The molecule has 35 heavy (non-hydrogen) atoms. The molecule has 10 nitrogen and oxygen atoms in total. The maximum atomic E-state index is 12.6. The molecule has 4 rings (SSSR count). The van der Waals surface area contributed by atoms with E-state index < -0.39 is 28.3 Å². The number of nitrogens with zero attached hydrogens (tertiary/aromatic N) is 1. The molecule has 10 heteroatoms. The molecule has 1 amide bonds. The number of ether oxygens (including phenoxy) is 3. The normalized spacial score (nSPS) is 19.3. The Bertz CT molecular complexity index is 1330. The number of fused-ring (bicyclic) bond motifs is 1. The zero-order valence-corrected chi connectivity index (χ0v) is 19.8. The topological polar surface area (TPSA) is 130 Å². The van der Waals surface area contributed by atoms with E-state index in [1.807, 2.05) is 13.8 Å². The molecule has 2 aromatic carbocycles. The Balaban J connectivity index is 1.54. The second-order valence-electron chi connectivity index (χ2n) is 8.88. The average molecular weight is 482 g/mol. The Morgan fingerprint density at radius 1 is 1.17 bits per heavy atom. The first-order valence-electron chi connectivity index (χ1n) is 11.1. The van der Waals surface area contributed by atoms with Crippen LogP contribution in [0.5, 0.6) is 5.75 Å². The lowest BCUT2D eigenvalue weighted by atomic mass is 9.94. The van der Waals surface area contributed by atoms with Crippen molar-refractivity contribution in [2.24, 2.45) is 0 Å². The van der Waals surface area contributed by atoms with E-state index in [2.05, 4.69) is 5.32 Å². The van der Waals surface area contributed by atoms with Crippen molar-refractivity contribution in [1.29, 1.82) is 0 Å². The summed E-state index contributed by atoms with van der Waals surface area (Å²) in [6, 6.07) is 10.1. The SMILES string of the molecule is COC1CCC(Oc2ccc3cc(NC(=O)c4ccc([N+](=O)[O-])cc4)c(=O)oc3c2C)OC1(C)C. The third kappa shape index (κ3) is 5.03. The second kappa shape index (κ2) is 9.47. The molecule has 0 bridgehead atoms. The molecule has 3 aromatic rings. The number of amides is 1. The first-order chi connectivity index (χ1) is 16.6. The van der Waals surface area contributed by atoms with E-state index >= 15 is 0 Å². The molecular weight excluding hydrogens is 456 g/mol. The van der Waals surface area contributed by atoms with Crippen LogP contribution < -0.4 is 15.7 Å². The zero-order valence-electron chi connectivity index (χ0n) is 19.8. The summed E-state index contributed by atoms with van der Waals surface area (Å²) in [7, 11) is 1.66. The third-order valence-corrected chi connectivity index (χ3v) is 6.11. The molecule has 2 atom stereocenters. The van der Waals surface area contributed by atoms with E-state index in [-0.39, 0.29) is 23.0 Å². The maximum absolute atomic E-state index is 12.6. The minimum Gasteiger partial charge on any atom is -0.465 e. The predicted octanol–water partition coefficient (Wildman–Crippen LogP) is 4.57. The van der Waals surface area contributed by atoms with Crippen molar-refractivity contribution in [3.8, 4) is 5.75 Å². The van der Waals surface area contributed by atoms with Gasteiger partial charge in [-0.25, -0.2) is 4.79 Å². The molecule has 1 fully saturated rings. The molecule has 0 spiro atoms. The molecule has 1 saturated heterocycles. The van der Waals surface area contributed by atoms with Crippen molar-refractivity contribution in [1.82, 2.24) is 0 Å². The molecule has 184 valence electrons. The van der Waals surface area contributed by atoms with Gasteiger partial charge in [-0.1, -0.05) is 0 Å². The van der Waals surface area contributed by atoms with Gasteiger partial charge in [-0.3, -0.25) is 14.9 Å². The molecular formula is C25H26N2O8. The fraction of sp³-hybridized carbons (Fsp3) is 0.360. The minimum absolute atomic E-state index is 0.0299. The number of non-ortho nitro benzene ring substituents is 1. The lowest BCUT2D eigenvalue weighted by Gasteiger charge is -2.41. The third-order valence-electron chi connectivity index (χ3n) is 6.11. The predicted molar refractivity (Wildman–Crippen MR) is 128 cm³/mol.